The van der Waals surface area contributed by atoms with Gasteiger partial charge in [0, 0.05) is 6.54 Å². The molecule has 0 bridgehead atoms. The summed E-state index contributed by atoms with van der Waals surface area (Å²) in [5.41, 5.74) is 2.44. The van der Waals surface area contributed by atoms with Gasteiger partial charge >= 0.3 is 0 Å². The van der Waals surface area contributed by atoms with E-state index in [1.165, 1.54) is 18.4 Å². The van der Waals surface area contributed by atoms with Gasteiger partial charge in [0.2, 0.25) is 0 Å². The fraction of sp³-hybridized carbons (Fsp3) is 0.556. The Hall–Kier alpha value is -1.32. The van der Waals surface area contributed by atoms with Crippen molar-refractivity contribution in [2.24, 2.45) is 0 Å². The highest BCUT2D eigenvalue weighted by Gasteiger charge is 2.24. The van der Waals surface area contributed by atoms with E-state index in [0.29, 0.717) is 12.0 Å². The fourth-order valence-corrected chi connectivity index (χ4v) is 3.51. The topological polar surface area (TPSA) is 32.7 Å². The summed E-state index contributed by atoms with van der Waals surface area (Å²) in [5.74, 6) is 0.594. The van der Waals surface area contributed by atoms with Crippen LogP contribution in [-0.4, -0.2) is 35.7 Å². The molecule has 3 nitrogen and oxygen atoms in total. The van der Waals surface area contributed by atoms with Crippen LogP contribution in [0, 0.1) is 0 Å². The number of ether oxygens (including phenoxy) is 1. The summed E-state index contributed by atoms with van der Waals surface area (Å²) < 4.78 is 5.67. The Labute approximate surface area is 127 Å². The van der Waals surface area contributed by atoms with Crippen LogP contribution < -0.4 is 0 Å². The number of aliphatic hydroxyl groups excluding tert-OH is 1. The highest BCUT2D eigenvalue weighted by atomic mass is 16.5. The first-order valence-corrected chi connectivity index (χ1v) is 8.08. The maximum Gasteiger partial charge on any atom is 0.111 e. The number of likely N-dealkylation sites (tertiary alicyclic amines) is 1. The lowest BCUT2D eigenvalue weighted by Crippen LogP contribution is -2.39. The Balaban J connectivity index is 1.54. The number of allylic oxidation sites excluding steroid dienone is 1. The van der Waals surface area contributed by atoms with Crippen LogP contribution in [0.5, 0.6) is 0 Å². The predicted molar refractivity (Wildman–Crippen MR) is 84.0 cm³/mol. The minimum atomic E-state index is 0.151. The quantitative estimate of drug-likeness (QED) is 0.924. The van der Waals surface area contributed by atoms with Gasteiger partial charge in [0.25, 0.3) is 0 Å². The first kappa shape index (κ1) is 14.6. The van der Waals surface area contributed by atoms with E-state index in [1.807, 2.05) is 18.4 Å². The van der Waals surface area contributed by atoms with Crippen LogP contribution in [-0.2, 0) is 11.3 Å². The van der Waals surface area contributed by atoms with E-state index in [2.05, 4.69) is 23.1 Å². The zero-order chi connectivity index (χ0) is 14.5. The van der Waals surface area contributed by atoms with Gasteiger partial charge in [0.1, 0.15) is 6.10 Å². The maximum absolute atomic E-state index is 9.48. The van der Waals surface area contributed by atoms with Gasteiger partial charge in [-0.1, -0.05) is 24.3 Å². The number of hydrogen-bond acceptors (Lipinski definition) is 3. The third-order valence-corrected chi connectivity index (χ3v) is 4.74. The number of aliphatic hydroxyl groups is 1. The van der Waals surface area contributed by atoms with Crippen molar-refractivity contribution in [3.05, 3.63) is 47.7 Å². The van der Waals surface area contributed by atoms with Gasteiger partial charge in [0.05, 0.1) is 12.9 Å². The molecule has 0 unspecified atom stereocenters. The average Bonchev–Trinajstić information content (AvgIpc) is 2.56. The predicted octanol–water partition coefficient (Wildman–Crippen LogP) is 3.05. The minimum absolute atomic E-state index is 0.151. The first-order valence-electron chi connectivity index (χ1n) is 8.08. The van der Waals surface area contributed by atoms with Gasteiger partial charge in [-0.25, -0.2) is 0 Å². The normalized spacial score (nSPS) is 24.0. The van der Waals surface area contributed by atoms with Crippen LogP contribution in [0.15, 0.2) is 36.6 Å². The zero-order valence-corrected chi connectivity index (χ0v) is 12.6. The van der Waals surface area contributed by atoms with Crippen molar-refractivity contribution >= 4 is 0 Å². The molecule has 0 radical (unpaired) electrons. The van der Waals surface area contributed by atoms with Crippen LogP contribution in [0.25, 0.3) is 0 Å². The monoisotopic (exact) mass is 287 g/mol. The third kappa shape index (κ3) is 3.66. The standard InChI is InChI=1S/C18H25NO2/c20-14-16-5-1-2-7-18(16)15-8-10-19(11-9-15)13-17-6-3-4-12-21-17/h1-2,4-5,7,12,15,17,20H,3,6,8-11,13-14H2/t17-/m1/s1. The van der Waals surface area contributed by atoms with E-state index >= 15 is 0 Å². The molecular formula is C18H25NO2. The van der Waals surface area contributed by atoms with Gasteiger partial charge in [-0.15, -0.1) is 0 Å². The highest BCUT2D eigenvalue weighted by Crippen LogP contribution is 2.30. The van der Waals surface area contributed by atoms with E-state index in [1.54, 1.807) is 0 Å². The summed E-state index contributed by atoms with van der Waals surface area (Å²) in [6.45, 7) is 3.47. The van der Waals surface area contributed by atoms with Crippen molar-refractivity contribution in [3.8, 4) is 0 Å². The molecule has 0 amide bonds. The Kier molecular flexibility index (Phi) is 4.94. The van der Waals surface area contributed by atoms with Crippen molar-refractivity contribution in [1.29, 1.82) is 0 Å². The largest absolute Gasteiger partial charge is 0.497 e. The molecule has 2 aliphatic rings. The molecule has 114 valence electrons. The highest BCUT2D eigenvalue weighted by molar-refractivity contribution is 5.30. The van der Waals surface area contributed by atoms with Crippen molar-refractivity contribution < 1.29 is 9.84 Å². The third-order valence-electron chi connectivity index (χ3n) is 4.74. The summed E-state index contributed by atoms with van der Waals surface area (Å²) in [7, 11) is 0. The number of rotatable bonds is 4. The van der Waals surface area contributed by atoms with Gasteiger partial charge in [-0.2, -0.15) is 0 Å². The molecule has 0 aliphatic carbocycles. The molecule has 0 spiro atoms. The molecule has 3 rings (SSSR count). The second-order valence-electron chi connectivity index (χ2n) is 6.14. The Bertz CT molecular complexity index is 478. The Morgan fingerprint density at radius 1 is 1.14 bits per heavy atom. The molecule has 2 heterocycles. The van der Waals surface area contributed by atoms with Gasteiger partial charge in [0.15, 0.2) is 0 Å². The van der Waals surface area contributed by atoms with Crippen LogP contribution in [0.1, 0.15) is 42.7 Å². The van der Waals surface area contributed by atoms with E-state index in [-0.39, 0.29) is 6.61 Å². The van der Waals surface area contributed by atoms with E-state index < -0.39 is 0 Å². The zero-order valence-electron chi connectivity index (χ0n) is 12.6. The van der Waals surface area contributed by atoms with Crippen molar-refractivity contribution in [2.75, 3.05) is 19.6 Å². The summed E-state index contributed by atoms with van der Waals surface area (Å²) >= 11 is 0. The number of hydrogen-bond donors (Lipinski definition) is 1. The van der Waals surface area contributed by atoms with Gasteiger partial charge < -0.3 is 9.84 Å². The molecule has 0 aromatic heterocycles. The number of piperidine rings is 1. The summed E-state index contributed by atoms with van der Waals surface area (Å²) in [5, 5.41) is 9.48. The molecule has 0 saturated carbocycles. The molecule has 1 N–H and O–H groups in total. The van der Waals surface area contributed by atoms with Crippen LogP contribution >= 0.6 is 0 Å². The second-order valence-corrected chi connectivity index (χ2v) is 6.14. The van der Waals surface area contributed by atoms with Crippen LogP contribution in [0.2, 0.25) is 0 Å². The first-order chi connectivity index (χ1) is 10.4. The van der Waals surface area contributed by atoms with Crippen molar-refractivity contribution in [3.63, 3.8) is 0 Å². The number of nitrogens with zero attached hydrogens (tertiary/aromatic N) is 1. The van der Waals surface area contributed by atoms with Gasteiger partial charge in [-0.05, 0) is 61.9 Å². The van der Waals surface area contributed by atoms with Crippen LogP contribution in [0.4, 0.5) is 0 Å². The lowest BCUT2D eigenvalue weighted by atomic mass is 9.86. The van der Waals surface area contributed by atoms with Crippen LogP contribution in [0.3, 0.4) is 0 Å². The molecule has 1 atom stereocenters. The molecule has 1 saturated heterocycles. The fourth-order valence-electron chi connectivity index (χ4n) is 3.51. The molecule has 2 aliphatic heterocycles. The van der Waals surface area contributed by atoms with Gasteiger partial charge in [-0.3, -0.25) is 4.90 Å². The molecule has 1 aromatic carbocycles. The molecule has 21 heavy (non-hydrogen) atoms. The smallest absolute Gasteiger partial charge is 0.111 e. The molecule has 3 heteroatoms. The minimum Gasteiger partial charge on any atom is -0.497 e. The van der Waals surface area contributed by atoms with E-state index in [0.717, 1.165) is 38.0 Å². The number of benzene rings is 1. The summed E-state index contributed by atoms with van der Waals surface area (Å²) in [6, 6.07) is 8.33. The Morgan fingerprint density at radius 3 is 2.67 bits per heavy atom. The van der Waals surface area contributed by atoms with Crippen molar-refractivity contribution in [2.45, 2.75) is 44.3 Å². The second kappa shape index (κ2) is 7.10. The summed E-state index contributed by atoms with van der Waals surface area (Å²) in [4.78, 5) is 2.53. The lowest BCUT2D eigenvalue weighted by Gasteiger charge is -2.35. The van der Waals surface area contributed by atoms with Crippen molar-refractivity contribution in [1.82, 2.24) is 4.90 Å². The van der Waals surface area contributed by atoms with E-state index in [4.69, 9.17) is 4.74 Å². The lowest BCUT2D eigenvalue weighted by molar-refractivity contribution is 0.0685. The average molecular weight is 287 g/mol. The van der Waals surface area contributed by atoms with E-state index in [9.17, 15) is 5.11 Å². The molecule has 1 fully saturated rings. The SMILES string of the molecule is OCc1ccccc1C1CCN(C[C@H]2CCC=CO2)CC1. The Morgan fingerprint density at radius 2 is 1.95 bits per heavy atom. The maximum atomic E-state index is 9.48. The summed E-state index contributed by atoms with van der Waals surface area (Å²) in [6.07, 6.45) is 8.98. The molecule has 1 aromatic rings. The molecular weight excluding hydrogens is 262 g/mol.